The van der Waals surface area contributed by atoms with Crippen LogP contribution in [0.15, 0.2) is 30.3 Å². The molecule has 0 saturated carbocycles. The zero-order valence-electron chi connectivity index (χ0n) is 7.93. The molecule has 7 heteroatoms. The van der Waals surface area contributed by atoms with Crippen molar-refractivity contribution in [1.29, 1.82) is 0 Å². The second-order valence-electron chi connectivity index (χ2n) is 3.13. The summed E-state index contributed by atoms with van der Waals surface area (Å²) in [5.41, 5.74) is 1.27. The molecule has 3 N–H and O–H groups in total. The van der Waals surface area contributed by atoms with Crippen molar-refractivity contribution in [3.63, 3.8) is 0 Å². The average Bonchev–Trinajstić information content (AvgIpc) is 2.18. The average molecular weight is 240 g/mol. The fourth-order valence-corrected chi connectivity index (χ4v) is 1.22. The molecule has 90 valence electrons. The molecule has 16 heavy (non-hydrogen) atoms. The molecule has 1 rings (SSSR count). The van der Waals surface area contributed by atoms with Crippen LogP contribution in [0.4, 0.5) is 22.0 Å². The van der Waals surface area contributed by atoms with Gasteiger partial charge in [0, 0.05) is 0 Å². The lowest BCUT2D eigenvalue weighted by molar-refractivity contribution is -0.294. The van der Waals surface area contributed by atoms with Gasteiger partial charge in [0.25, 0.3) is 0 Å². The Bertz CT molecular complexity index is 336. The Labute approximate surface area is 88.2 Å². The van der Waals surface area contributed by atoms with Crippen LogP contribution in [0.5, 0.6) is 0 Å². The summed E-state index contributed by atoms with van der Waals surface area (Å²) in [5, 5.41) is 0. The standard InChI is InChI=1S/C9H9F5N2/c10-8(11,9(12,13)14)7(16-15)6-4-2-1-3-5-6/h1-5,7,16H,15H2/t7-/m0/s1. The smallest absolute Gasteiger partial charge is 0.271 e. The van der Waals surface area contributed by atoms with Crippen molar-refractivity contribution in [2.45, 2.75) is 18.1 Å². The molecule has 1 atom stereocenters. The predicted molar refractivity (Wildman–Crippen MR) is 47.5 cm³/mol. The van der Waals surface area contributed by atoms with Crippen LogP contribution in [0.2, 0.25) is 0 Å². The number of halogens is 5. The van der Waals surface area contributed by atoms with Gasteiger partial charge in [-0.2, -0.15) is 22.0 Å². The molecule has 0 radical (unpaired) electrons. The number of alkyl halides is 5. The predicted octanol–water partition coefficient (Wildman–Crippen LogP) is 2.39. The van der Waals surface area contributed by atoms with Crippen molar-refractivity contribution in [3.8, 4) is 0 Å². The summed E-state index contributed by atoms with van der Waals surface area (Å²) >= 11 is 0. The molecule has 0 heterocycles. The molecule has 0 aliphatic heterocycles. The topological polar surface area (TPSA) is 38.0 Å². The molecule has 0 spiro atoms. The Morgan fingerprint density at radius 3 is 1.88 bits per heavy atom. The summed E-state index contributed by atoms with van der Waals surface area (Å²) < 4.78 is 62.4. The molecular formula is C9H9F5N2. The highest BCUT2D eigenvalue weighted by molar-refractivity contribution is 5.21. The van der Waals surface area contributed by atoms with Crippen LogP contribution in [-0.2, 0) is 0 Å². The first-order valence-corrected chi connectivity index (χ1v) is 4.26. The Kier molecular flexibility index (Phi) is 3.49. The third kappa shape index (κ3) is 2.30. The lowest BCUT2D eigenvalue weighted by atomic mass is 10.0. The number of hydrogen-bond donors (Lipinski definition) is 2. The van der Waals surface area contributed by atoms with Crippen LogP contribution in [0.25, 0.3) is 0 Å². The maximum atomic E-state index is 13.0. The van der Waals surface area contributed by atoms with E-state index >= 15 is 0 Å². The summed E-state index contributed by atoms with van der Waals surface area (Å²) in [6.07, 6.45) is -5.65. The third-order valence-corrected chi connectivity index (χ3v) is 2.04. The fraction of sp³-hybridized carbons (Fsp3) is 0.333. The zero-order chi connectivity index (χ0) is 12.4. The molecule has 0 bridgehead atoms. The number of nitrogens with one attached hydrogen (secondary N) is 1. The van der Waals surface area contributed by atoms with Crippen LogP contribution in [-0.4, -0.2) is 12.1 Å². The van der Waals surface area contributed by atoms with Gasteiger partial charge >= 0.3 is 12.1 Å². The largest absolute Gasteiger partial charge is 0.455 e. The molecule has 0 aliphatic carbocycles. The highest BCUT2D eigenvalue weighted by Gasteiger charge is 2.62. The van der Waals surface area contributed by atoms with Gasteiger partial charge in [0.2, 0.25) is 0 Å². The van der Waals surface area contributed by atoms with Crippen molar-refractivity contribution in [3.05, 3.63) is 35.9 Å². The van der Waals surface area contributed by atoms with Crippen molar-refractivity contribution >= 4 is 0 Å². The molecule has 1 aromatic carbocycles. The van der Waals surface area contributed by atoms with E-state index in [1.54, 1.807) is 0 Å². The Morgan fingerprint density at radius 2 is 1.50 bits per heavy atom. The summed E-state index contributed by atoms with van der Waals surface area (Å²) in [6.45, 7) is 0. The Morgan fingerprint density at radius 1 is 1.00 bits per heavy atom. The lowest BCUT2D eigenvalue weighted by Crippen LogP contribution is -2.49. The summed E-state index contributed by atoms with van der Waals surface area (Å²) in [7, 11) is 0. The molecule has 0 saturated heterocycles. The van der Waals surface area contributed by atoms with Gasteiger partial charge in [-0.3, -0.25) is 5.84 Å². The van der Waals surface area contributed by atoms with Crippen molar-refractivity contribution < 1.29 is 22.0 Å². The second kappa shape index (κ2) is 4.34. The quantitative estimate of drug-likeness (QED) is 0.483. The van der Waals surface area contributed by atoms with E-state index in [4.69, 9.17) is 5.84 Å². The van der Waals surface area contributed by atoms with E-state index in [2.05, 4.69) is 0 Å². The van der Waals surface area contributed by atoms with Gasteiger partial charge in [0.15, 0.2) is 0 Å². The molecule has 1 aromatic rings. The van der Waals surface area contributed by atoms with Gasteiger partial charge in [0.05, 0.1) is 0 Å². The van der Waals surface area contributed by atoms with Gasteiger partial charge in [-0.1, -0.05) is 30.3 Å². The van der Waals surface area contributed by atoms with E-state index in [1.807, 2.05) is 0 Å². The van der Waals surface area contributed by atoms with Crippen LogP contribution < -0.4 is 11.3 Å². The Balaban J connectivity index is 3.09. The number of benzene rings is 1. The van der Waals surface area contributed by atoms with Crippen molar-refractivity contribution in [2.24, 2.45) is 5.84 Å². The molecule has 0 aliphatic rings. The van der Waals surface area contributed by atoms with Crippen LogP contribution in [0.1, 0.15) is 11.6 Å². The normalized spacial score (nSPS) is 14.9. The highest BCUT2D eigenvalue weighted by atomic mass is 19.4. The maximum Gasteiger partial charge on any atom is 0.455 e. The number of nitrogens with two attached hydrogens (primary N) is 1. The minimum Gasteiger partial charge on any atom is -0.271 e. The van der Waals surface area contributed by atoms with Crippen LogP contribution in [0.3, 0.4) is 0 Å². The van der Waals surface area contributed by atoms with E-state index in [-0.39, 0.29) is 5.56 Å². The van der Waals surface area contributed by atoms with Crippen LogP contribution >= 0.6 is 0 Å². The first-order chi connectivity index (χ1) is 7.30. The Hall–Kier alpha value is -1.21. The van der Waals surface area contributed by atoms with E-state index < -0.39 is 18.1 Å². The second-order valence-corrected chi connectivity index (χ2v) is 3.13. The van der Waals surface area contributed by atoms with Gasteiger partial charge in [-0.15, -0.1) is 0 Å². The van der Waals surface area contributed by atoms with Gasteiger partial charge in [-0.25, -0.2) is 5.43 Å². The third-order valence-electron chi connectivity index (χ3n) is 2.04. The summed E-state index contributed by atoms with van der Waals surface area (Å²) in [4.78, 5) is 0. The van der Waals surface area contributed by atoms with Gasteiger partial charge in [0.1, 0.15) is 6.04 Å². The number of hydrogen-bond acceptors (Lipinski definition) is 2. The first kappa shape index (κ1) is 12.9. The number of rotatable bonds is 3. The van der Waals surface area contributed by atoms with Crippen molar-refractivity contribution in [2.75, 3.05) is 0 Å². The van der Waals surface area contributed by atoms with E-state index in [1.165, 1.54) is 23.6 Å². The fourth-order valence-electron chi connectivity index (χ4n) is 1.22. The van der Waals surface area contributed by atoms with Gasteiger partial charge in [-0.05, 0) is 5.56 Å². The summed E-state index contributed by atoms with van der Waals surface area (Å²) in [5.74, 6) is -0.170. The minimum atomic E-state index is -5.65. The van der Waals surface area contributed by atoms with E-state index in [0.717, 1.165) is 12.1 Å². The molecule has 2 nitrogen and oxygen atoms in total. The molecule has 0 aromatic heterocycles. The maximum absolute atomic E-state index is 13.0. The number of hydrazine groups is 1. The summed E-state index contributed by atoms with van der Waals surface area (Å²) in [6, 6.07) is 4.20. The monoisotopic (exact) mass is 240 g/mol. The van der Waals surface area contributed by atoms with E-state index in [0.29, 0.717) is 0 Å². The molecule has 0 fully saturated rings. The van der Waals surface area contributed by atoms with Crippen molar-refractivity contribution in [1.82, 2.24) is 5.43 Å². The molecule has 0 unspecified atom stereocenters. The first-order valence-electron chi connectivity index (χ1n) is 4.26. The molecule has 0 amide bonds. The van der Waals surface area contributed by atoms with Gasteiger partial charge < -0.3 is 0 Å². The lowest BCUT2D eigenvalue weighted by Gasteiger charge is -2.28. The van der Waals surface area contributed by atoms with E-state index in [9.17, 15) is 22.0 Å². The zero-order valence-corrected chi connectivity index (χ0v) is 7.93. The van der Waals surface area contributed by atoms with Crippen LogP contribution in [0, 0.1) is 0 Å². The highest BCUT2D eigenvalue weighted by Crippen LogP contribution is 2.43. The minimum absolute atomic E-state index is 0.229. The SMILES string of the molecule is NN[C@@H](c1ccccc1)C(F)(F)C(F)(F)F. The molecular weight excluding hydrogens is 231 g/mol.